The maximum absolute atomic E-state index is 5.90. The average Bonchev–Trinajstić information content (AvgIpc) is 2.93. The first-order valence-corrected chi connectivity index (χ1v) is 7.35. The molecule has 6 nitrogen and oxygen atoms in total. The number of hydrogen-bond donors (Lipinski definition) is 0. The molecule has 0 saturated carbocycles. The van der Waals surface area contributed by atoms with E-state index in [4.69, 9.17) is 11.6 Å². The summed E-state index contributed by atoms with van der Waals surface area (Å²) in [5, 5.41) is 4.43. The van der Waals surface area contributed by atoms with Crippen molar-refractivity contribution in [3.8, 4) is 0 Å². The zero-order chi connectivity index (χ0) is 15.0. The van der Waals surface area contributed by atoms with Gasteiger partial charge in [-0.1, -0.05) is 0 Å². The number of aryl methyl sites for hydroxylation is 4. The number of hydrogen-bond acceptors (Lipinski definition) is 4. The first-order chi connectivity index (χ1) is 10.1. The van der Waals surface area contributed by atoms with Gasteiger partial charge in [0.05, 0.1) is 29.8 Å². The predicted octanol–water partition coefficient (Wildman–Crippen LogP) is 2.01. The first-order valence-electron chi connectivity index (χ1n) is 6.82. The van der Waals surface area contributed by atoms with Crippen LogP contribution >= 0.6 is 11.6 Å². The Bertz CT molecular complexity index is 771. The summed E-state index contributed by atoms with van der Waals surface area (Å²) in [4.78, 5) is 13.4. The summed E-state index contributed by atoms with van der Waals surface area (Å²) in [5.41, 5.74) is 4.66. The van der Waals surface area contributed by atoms with Crippen LogP contribution in [0.4, 0.5) is 0 Å². The number of halogens is 1. The van der Waals surface area contributed by atoms with Crippen LogP contribution in [0.25, 0.3) is 11.2 Å². The third kappa shape index (κ3) is 2.51. The van der Waals surface area contributed by atoms with Gasteiger partial charge in [0.25, 0.3) is 0 Å². The zero-order valence-electron chi connectivity index (χ0n) is 12.3. The van der Waals surface area contributed by atoms with Gasteiger partial charge >= 0.3 is 0 Å². The molecule has 3 aromatic rings. The number of fused-ring (bicyclic) bond motifs is 1. The molecular weight excluding hydrogens is 288 g/mol. The van der Waals surface area contributed by atoms with Gasteiger partial charge in [-0.15, -0.1) is 11.6 Å². The molecule has 0 aliphatic carbocycles. The summed E-state index contributed by atoms with van der Waals surface area (Å²) < 4.78 is 3.98. The van der Waals surface area contributed by atoms with E-state index in [2.05, 4.69) is 24.6 Å². The van der Waals surface area contributed by atoms with Crippen molar-refractivity contribution >= 4 is 22.8 Å². The molecule has 0 bridgehead atoms. The molecule has 0 aliphatic rings. The normalized spacial score (nSPS) is 11.4. The molecule has 0 spiro atoms. The van der Waals surface area contributed by atoms with E-state index >= 15 is 0 Å². The first kappa shape index (κ1) is 14.0. The Morgan fingerprint density at radius 2 is 2.00 bits per heavy atom. The fraction of sp³-hybridized carbons (Fsp3) is 0.429. The minimum atomic E-state index is 0.537. The van der Waals surface area contributed by atoms with E-state index in [1.54, 1.807) is 12.4 Å². The van der Waals surface area contributed by atoms with E-state index in [9.17, 15) is 0 Å². The van der Waals surface area contributed by atoms with Crippen LogP contribution in [0.2, 0.25) is 0 Å². The van der Waals surface area contributed by atoms with Gasteiger partial charge in [-0.2, -0.15) is 5.10 Å². The third-order valence-electron chi connectivity index (χ3n) is 3.44. The van der Waals surface area contributed by atoms with Crippen LogP contribution in [0.3, 0.4) is 0 Å². The van der Waals surface area contributed by atoms with E-state index in [1.165, 1.54) is 0 Å². The summed E-state index contributed by atoms with van der Waals surface area (Å²) in [7, 11) is 1.93. The van der Waals surface area contributed by atoms with Crippen LogP contribution < -0.4 is 0 Å². The molecule has 3 aromatic heterocycles. The topological polar surface area (TPSA) is 61.4 Å². The van der Waals surface area contributed by atoms with Crippen LogP contribution in [0.5, 0.6) is 0 Å². The predicted molar refractivity (Wildman–Crippen MR) is 81.5 cm³/mol. The minimum Gasteiger partial charge on any atom is -0.307 e. The number of aromatic nitrogens is 6. The molecule has 0 unspecified atom stereocenters. The lowest BCUT2D eigenvalue weighted by Gasteiger charge is -2.08. The van der Waals surface area contributed by atoms with Crippen LogP contribution in [0.1, 0.15) is 22.9 Å². The van der Waals surface area contributed by atoms with E-state index in [0.29, 0.717) is 12.4 Å². The van der Waals surface area contributed by atoms with Gasteiger partial charge < -0.3 is 4.57 Å². The monoisotopic (exact) mass is 304 g/mol. The molecule has 0 aromatic carbocycles. The van der Waals surface area contributed by atoms with Crippen molar-refractivity contribution in [1.29, 1.82) is 0 Å². The maximum atomic E-state index is 5.90. The van der Waals surface area contributed by atoms with Crippen molar-refractivity contribution in [3.05, 3.63) is 35.3 Å². The number of alkyl halides is 1. The highest BCUT2D eigenvalue weighted by Crippen LogP contribution is 2.20. The highest BCUT2D eigenvalue weighted by Gasteiger charge is 2.17. The summed E-state index contributed by atoms with van der Waals surface area (Å²) >= 11 is 5.90. The molecule has 0 fully saturated rings. The lowest BCUT2D eigenvalue weighted by Crippen LogP contribution is -2.10. The molecule has 0 radical (unpaired) electrons. The molecular formula is C14H17ClN6. The van der Waals surface area contributed by atoms with E-state index < -0.39 is 0 Å². The molecule has 3 rings (SSSR count). The van der Waals surface area contributed by atoms with Crippen molar-refractivity contribution in [3.63, 3.8) is 0 Å². The Kier molecular flexibility index (Phi) is 3.63. The van der Waals surface area contributed by atoms with Gasteiger partial charge in [-0.3, -0.25) is 14.6 Å². The van der Waals surface area contributed by atoms with Crippen molar-refractivity contribution in [2.24, 2.45) is 7.05 Å². The Labute approximate surface area is 127 Å². The summed E-state index contributed by atoms with van der Waals surface area (Å²) in [6, 6.07) is 0. The fourth-order valence-corrected chi connectivity index (χ4v) is 2.65. The lowest BCUT2D eigenvalue weighted by atomic mass is 10.4. The Morgan fingerprint density at radius 1 is 1.19 bits per heavy atom. The Hall–Kier alpha value is -1.95. The molecule has 0 amide bonds. The summed E-state index contributed by atoms with van der Waals surface area (Å²) in [5.74, 6) is 1.49. The van der Waals surface area contributed by atoms with Crippen LogP contribution in [-0.2, 0) is 20.0 Å². The largest absolute Gasteiger partial charge is 0.307 e. The smallest absolute Gasteiger partial charge is 0.159 e. The second kappa shape index (κ2) is 5.44. The van der Waals surface area contributed by atoms with Crippen molar-refractivity contribution in [2.75, 3.05) is 5.88 Å². The summed E-state index contributed by atoms with van der Waals surface area (Å²) in [6.45, 7) is 4.51. The number of imidazole rings is 1. The van der Waals surface area contributed by atoms with Crippen LogP contribution in [0, 0.1) is 13.8 Å². The second-order valence-corrected chi connectivity index (χ2v) is 5.46. The number of nitrogens with zero attached hydrogens (tertiary/aromatic N) is 6. The van der Waals surface area contributed by atoms with Crippen LogP contribution in [-0.4, -0.2) is 35.2 Å². The van der Waals surface area contributed by atoms with Crippen molar-refractivity contribution in [2.45, 2.75) is 26.8 Å². The van der Waals surface area contributed by atoms with Gasteiger partial charge in [0.2, 0.25) is 0 Å². The van der Waals surface area contributed by atoms with Gasteiger partial charge in [-0.05, 0) is 13.8 Å². The van der Waals surface area contributed by atoms with Gasteiger partial charge in [0.1, 0.15) is 11.3 Å². The molecule has 0 atom stereocenters. The standard InChI is InChI=1S/C14H17ClN6/c1-9-6-17-11(7-16-9)8-21-12(4-5-15)18-13-10(2)19-20(3)14(13)21/h6-7H,4-5,8H2,1-3H3. The minimum absolute atomic E-state index is 0.537. The van der Waals surface area contributed by atoms with Crippen molar-refractivity contribution < 1.29 is 0 Å². The molecule has 0 saturated heterocycles. The molecule has 21 heavy (non-hydrogen) atoms. The van der Waals surface area contributed by atoms with Crippen LogP contribution in [0.15, 0.2) is 12.4 Å². The van der Waals surface area contributed by atoms with Gasteiger partial charge in [0.15, 0.2) is 5.65 Å². The molecule has 110 valence electrons. The molecule has 3 heterocycles. The summed E-state index contributed by atoms with van der Waals surface area (Å²) in [6.07, 6.45) is 4.29. The average molecular weight is 305 g/mol. The molecule has 7 heteroatoms. The molecule has 0 aliphatic heterocycles. The lowest BCUT2D eigenvalue weighted by molar-refractivity contribution is 0.681. The van der Waals surface area contributed by atoms with Gasteiger partial charge in [0, 0.05) is 25.5 Å². The zero-order valence-corrected chi connectivity index (χ0v) is 13.1. The molecule has 0 N–H and O–H groups in total. The highest BCUT2D eigenvalue weighted by atomic mass is 35.5. The van der Waals surface area contributed by atoms with Gasteiger partial charge in [-0.25, -0.2) is 4.98 Å². The third-order valence-corrected chi connectivity index (χ3v) is 3.63. The quantitative estimate of drug-likeness (QED) is 0.692. The van der Waals surface area contributed by atoms with E-state index in [-0.39, 0.29) is 0 Å². The SMILES string of the molecule is Cc1cnc(Cn2c(CCCl)nc3c(C)nn(C)c32)cn1. The highest BCUT2D eigenvalue weighted by molar-refractivity contribution is 6.17. The van der Waals surface area contributed by atoms with E-state index in [0.717, 1.165) is 40.5 Å². The second-order valence-electron chi connectivity index (χ2n) is 5.08. The maximum Gasteiger partial charge on any atom is 0.159 e. The Balaban J connectivity index is 2.10. The van der Waals surface area contributed by atoms with Crippen molar-refractivity contribution in [1.82, 2.24) is 29.3 Å². The fourth-order valence-electron chi connectivity index (χ4n) is 2.48. The number of rotatable bonds is 4. The Morgan fingerprint density at radius 3 is 2.67 bits per heavy atom. The van der Waals surface area contributed by atoms with E-state index in [1.807, 2.05) is 25.6 Å².